The maximum atomic E-state index is 5.30. The molecule has 3 rings (SSSR count). The summed E-state index contributed by atoms with van der Waals surface area (Å²) in [6.07, 6.45) is 1.67. The van der Waals surface area contributed by atoms with E-state index in [2.05, 4.69) is 10.1 Å². The van der Waals surface area contributed by atoms with Crippen LogP contribution in [0.2, 0.25) is 0 Å². The third-order valence-electron chi connectivity index (χ3n) is 2.34. The summed E-state index contributed by atoms with van der Waals surface area (Å²) in [5.74, 6) is 1.58. The van der Waals surface area contributed by atoms with E-state index in [9.17, 15) is 0 Å². The van der Waals surface area contributed by atoms with Crippen LogP contribution in [0.4, 0.5) is 0 Å². The van der Waals surface area contributed by atoms with Crippen molar-refractivity contribution in [3.05, 3.63) is 34.9 Å². The van der Waals surface area contributed by atoms with E-state index < -0.39 is 0 Å². The zero-order valence-electron chi connectivity index (χ0n) is 8.34. The number of H-pyrrole nitrogens is 1. The van der Waals surface area contributed by atoms with Crippen LogP contribution in [0.1, 0.15) is 5.56 Å². The summed E-state index contributed by atoms with van der Waals surface area (Å²) < 4.78 is 12.9. The molecule has 0 fully saturated rings. The van der Waals surface area contributed by atoms with Crippen molar-refractivity contribution in [3.8, 4) is 11.5 Å². The second kappa shape index (κ2) is 3.64. The Labute approximate surface area is 96.6 Å². The van der Waals surface area contributed by atoms with E-state index in [0.717, 1.165) is 17.1 Å². The van der Waals surface area contributed by atoms with Crippen molar-refractivity contribution < 1.29 is 9.47 Å². The average Bonchev–Trinajstić information content (AvgIpc) is 2.87. The molecule has 1 aliphatic heterocycles. The lowest BCUT2D eigenvalue weighted by molar-refractivity contribution is 0.174. The standard InChI is InChI=1S/C10H9N3O2S/c16-10-11-5-13(12-10)4-7-1-2-8-9(3-7)15-6-14-8/h1-3,5H,4,6H2,(H,12,16). The SMILES string of the molecule is S=c1ncn(Cc2ccc3c(c2)OCO3)[nH]1. The van der Waals surface area contributed by atoms with Crippen molar-refractivity contribution in [2.45, 2.75) is 6.54 Å². The first-order chi connectivity index (χ1) is 7.81. The third-order valence-corrected chi connectivity index (χ3v) is 2.54. The Kier molecular flexibility index (Phi) is 2.14. The van der Waals surface area contributed by atoms with Gasteiger partial charge in [-0.15, -0.1) is 0 Å². The monoisotopic (exact) mass is 235 g/mol. The van der Waals surface area contributed by atoms with Gasteiger partial charge in [0.1, 0.15) is 6.33 Å². The lowest BCUT2D eigenvalue weighted by atomic mass is 10.2. The van der Waals surface area contributed by atoms with Crippen LogP contribution in [0, 0.1) is 4.77 Å². The number of benzene rings is 1. The maximum Gasteiger partial charge on any atom is 0.231 e. The molecule has 1 aromatic heterocycles. The highest BCUT2D eigenvalue weighted by molar-refractivity contribution is 7.71. The molecular weight excluding hydrogens is 226 g/mol. The first-order valence-corrected chi connectivity index (χ1v) is 5.22. The first kappa shape index (κ1) is 9.41. The molecular formula is C10H9N3O2S. The number of nitrogens with one attached hydrogen (secondary N) is 1. The van der Waals surface area contributed by atoms with Crippen LogP contribution < -0.4 is 9.47 Å². The Morgan fingerprint density at radius 1 is 1.38 bits per heavy atom. The van der Waals surface area contributed by atoms with Gasteiger partial charge < -0.3 is 9.47 Å². The Hall–Kier alpha value is -1.82. The van der Waals surface area contributed by atoms with Gasteiger partial charge in [-0.2, -0.15) is 0 Å². The highest BCUT2D eigenvalue weighted by Gasteiger charge is 2.13. The van der Waals surface area contributed by atoms with Gasteiger partial charge in [0.05, 0.1) is 6.54 Å². The second-order valence-electron chi connectivity index (χ2n) is 3.48. The molecule has 16 heavy (non-hydrogen) atoms. The van der Waals surface area contributed by atoms with Crippen LogP contribution in [-0.2, 0) is 6.54 Å². The third kappa shape index (κ3) is 1.67. The molecule has 5 nitrogen and oxygen atoms in total. The molecule has 0 radical (unpaired) electrons. The van der Waals surface area contributed by atoms with E-state index in [0.29, 0.717) is 18.1 Å². The fourth-order valence-corrected chi connectivity index (χ4v) is 1.78. The van der Waals surface area contributed by atoms with E-state index in [4.69, 9.17) is 21.7 Å². The van der Waals surface area contributed by atoms with E-state index >= 15 is 0 Å². The van der Waals surface area contributed by atoms with Crippen LogP contribution in [0.15, 0.2) is 24.5 Å². The molecule has 0 atom stereocenters. The Morgan fingerprint density at radius 3 is 3.06 bits per heavy atom. The van der Waals surface area contributed by atoms with E-state index in [1.807, 2.05) is 22.9 Å². The van der Waals surface area contributed by atoms with Crippen molar-refractivity contribution in [1.29, 1.82) is 0 Å². The largest absolute Gasteiger partial charge is 0.454 e. The highest BCUT2D eigenvalue weighted by Crippen LogP contribution is 2.32. The molecule has 1 N–H and O–H groups in total. The molecule has 0 amide bonds. The molecule has 6 heteroatoms. The minimum absolute atomic E-state index is 0.298. The van der Waals surface area contributed by atoms with Crippen molar-refractivity contribution in [1.82, 2.24) is 14.8 Å². The Balaban J connectivity index is 1.88. The molecule has 0 saturated carbocycles. The lowest BCUT2D eigenvalue weighted by Crippen LogP contribution is -1.99. The molecule has 82 valence electrons. The fourth-order valence-electron chi connectivity index (χ4n) is 1.62. The minimum atomic E-state index is 0.298. The van der Waals surface area contributed by atoms with Gasteiger partial charge in [0, 0.05) is 0 Å². The van der Waals surface area contributed by atoms with Gasteiger partial charge in [-0.05, 0) is 29.9 Å². The summed E-state index contributed by atoms with van der Waals surface area (Å²) >= 11 is 4.90. The summed E-state index contributed by atoms with van der Waals surface area (Å²) in [6, 6.07) is 5.85. The number of hydrogen-bond acceptors (Lipinski definition) is 4. The summed E-state index contributed by atoms with van der Waals surface area (Å²) in [7, 11) is 0. The first-order valence-electron chi connectivity index (χ1n) is 4.81. The zero-order chi connectivity index (χ0) is 11.0. The molecule has 2 heterocycles. The molecule has 0 bridgehead atoms. The van der Waals surface area contributed by atoms with Gasteiger partial charge in [0.2, 0.25) is 11.6 Å². The topological polar surface area (TPSA) is 52.1 Å². The molecule has 1 aliphatic rings. The molecule has 0 aliphatic carbocycles. The number of rotatable bonds is 2. The van der Waals surface area contributed by atoms with Crippen LogP contribution >= 0.6 is 12.2 Å². The Bertz CT molecular complexity index is 575. The average molecular weight is 235 g/mol. The number of aromatic amines is 1. The fraction of sp³-hybridized carbons (Fsp3) is 0.200. The highest BCUT2D eigenvalue weighted by atomic mass is 32.1. The number of hydrogen-bond donors (Lipinski definition) is 1. The van der Waals surface area contributed by atoms with Crippen LogP contribution in [0.25, 0.3) is 0 Å². The van der Waals surface area contributed by atoms with Crippen LogP contribution in [0.5, 0.6) is 11.5 Å². The van der Waals surface area contributed by atoms with Gasteiger partial charge in [-0.25, -0.2) is 4.98 Å². The molecule has 0 saturated heterocycles. The summed E-state index contributed by atoms with van der Waals surface area (Å²) in [4.78, 5) is 3.95. The maximum absolute atomic E-state index is 5.30. The number of aromatic nitrogens is 3. The zero-order valence-corrected chi connectivity index (χ0v) is 9.16. The molecule has 2 aromatic rings. The predicted octanol–water partition coefficient (Wildman–Crippen LogP) is 1.72. The van der Waals surface area contributed by atoms with Gasteiger partial charge in [-0.3, -0.25) is 9.78 Å². The number of fused-ring (bicyclic) bond motifs is 1. The number of ether oxygens (including phenoxy) is 2. The van der Waals surface area contributed by atoms with Crippen molar-refractivity contribution in [2.24, 2.45) is 0 Å². The normalized spacial score (nSPS) is 13.0. The molecule has 1 aromatic carbocycles. The summed E-state index contributed by atoms with van der Waals surface area (Å²) in [6.45, 7) is 0.979. The lowest BCUT2D eigenvalue weighted by Gasteiger charge is -2.03. The van der Waals surface area contributed by atoms with Gasteiger partial charge in [0.25, 0.3) is 0 Å². The molecule has 0 unspecified atom stereocenters. The van der Waals surface area contributed by atoms with Crippen LogP contribution in [0.3, 0.4) is 0 Å². The van der Waals surface area contributed by atoms with Gasteiger partial charge >= 0.3 is 0 Å². The quantitative estimate of drug-likeness (QED) is 0.805. The number of nitrogens with zero attached hydrogens (tertiary/aromatic N) is 2. The van der Waals surface area contributed by atoms with Gasteiger partial charge in [0.15, 0.2) is 11.5 Å². The van der Waals surface area contributed by atoms with E-state index in [-0.39, 0.29) is 0 Å². The summed E-state index contributed by atoms with van der Waals surface area (Å²) in [5.41, 5.74) is 1.10. The minimum Gasteiger partial charge on any atom is -0.454 e. The van der Waals surface area contributed by atoms with Crippen molar-refractivity contribution in [2.75, 3.05) is 6.79 Å². The predicted molar refractivity (Wildman–Crippen MR) is 59.1 cm³/mol. The van der Waals surface area contributed by atoms with Gasteiger partial charge in [-0.1, -0.05) is 6.07 Å². The Morgan fingerprint density at radius 2 is 2.25 bits per heavy atom. The van der Waals surface area contributed by atoms with E-state index in [1.54, 1.807) is 6.33 Å². The smallest absolute Gasteiger partial charge is 0.231 e. The van der Waals surface area contributed by atoms with Crippen molar-refractivity contribution >= 4 is 12.2 Å². The second-order valence-corrected chi connectivity index (χ2v) is 3.86. The van der Waals surface area contributed by atoms with Crippen LogP contribution in [-0.4, -0.2) is 21.6 Å². The van der Waals surface area contributed by atoms with Crippen molar-refractivity contribution in [3.63, 3.8) is 0 Å². The van der Waals surface area contributed by atoms with E-state index in [1.165, 1.54) is 0 Å². The molecule has 0 spiro atoms. The summed E-state index contributed by atoms with van der Waals surface area (Å²) in [5, 5.41) is 2.94.